The number of nitrogens with zero attached hydrogens (tertiary/aromatic N) is 2. The third kappa shape index (κ3) is 4.61. The molecule has 0 bridgehead atoms. The minimum Gasteiger partial charge on any atom is -0.378 e. The Bertz CT molecular complexity index is 463. The molecule has 0 radical (unpaired) electrons. The van der Waals surface area contributed by atoms with Gasteiger partial charge in [-0.3, -0.25) is 4.79 Å². The zero-order chi connectivity index (χ0) is 14.5. The van der Waals surface area contributed by atoms with E-state index in [4.69, 9.17) is 0 Å². The molecule has 1 aliphatic rings. The van der Waals surface area contributed by atoms with E-state index in [1.807, 2.05) is 55.2 Å². The number of nitrogens with one attached hydrogen (secondary N) is 1. The maximum atomic E-state index is 12.6. The van der Waals surface area contributed by atoms with Crippen LogP contribution in [0.5, 0.6) is 0 Å². The van der Waals surface area contributed by atoms with Gasteiger partial charge < -0.3 is 15.1 Å². The van der Waals surface area contributed by atoms with Crippen LogP contribution in [0, 0.1) is 5.92 Å². The summed E-state index contributed by atoms with van der Waals surface area (Å²) in [5.74, 6) is 0.740. The highest BCUT2D eigenvalue weighted by Gasteiger charge is 2.24. The molecule has 1 unspecified atom stereocenters. The molecule has 1 aromatic rings. The van der Waals surface area contributed by atoms with E-state index in [0.717, 1.165) is 37.3 Å². The molecule has 1 aromatic carbocycles. The molecule has 2 rings (SSSR count). The Morgan fingerprint density at radius 3 is 2.86 bits per heavy atom. The third-order valence-electron chi connectivity index (χ3n) is 3.91. The van der Waals surface area contributed by atoms with Gasteiger partial charge in [-0.25, -0.2) is 0 Å². The topological polar surface area (TPSA) is 35.6 Å². The van der Waals surface area contributed by atoms with E-state index in [9.17, 15) is 4.79 Å². The number of halogens is 1. The lowest BCUT2D eigenvalue weighted by Crippen LogP contribution is -2.42. The van der Waals surface area contributed by atoms with Gasteiger partial charge in [-0.15, -0.1) is 12.4 Å². The zero-order valence-electron chi connectivity index (χ0n) is 13.1. The first kappa shape index (κ1) is 17.8. The van der Waals surface area contributed by atoms with Crippen LogP contribution in [0.1, 0.15) is 23.2 Å². The van der Waals surface area contributed by atoms with Crippen LogP contribution in [0.3, 0.4) is 0 Å². The normalized spacial score (nSPS) is 18.0. The van der Waals surface area contributed by atoms with Crippen molar-refractivity contribution in [2.45, 2.75) is 12.8 Å². The Morgan fingerprint density at radius 1 is 1.43 bits per heavy atom. The largest absolute Gasteiger partial charge is 0.378 e. The van der Waals surface area contributed by atoms with Gasteiger partial charge in [-0.05, 0) is 50.6 Å². The number of amides is 1. The second-order valence-electron chi connectivity index (χ2n) is 5.76. The van der Waals surface area contributed by atoms with Crippen LogP contribution in [0.25, 0.3) is 0 Å². The molecule has 4 nitrogen and oxygen atoms in total. The van der Waals surface area contributed by atoms with Crippen molar-refractivity contribution in [2.24, 2.45) is 5.92 Å². The fourth-order valence-electron chi connectivity index (χ4n) is 2.80. The molecule has 118 valence electrons. The summed E-state index contributed by atoms with van der Waals surface area (Å²) in [7, 11) is 5.96. The van der Waals surface area contributed by atoms with Gasteiger partial charge in [-0.2, -0.15) is 0 Å². The Hall–Kier alpha value is -1.26. The first-order chi connectivity index (χ1) is 9.61. The number of piperidine rings is 1. The van der Waals surface area contributed by atoms with E-state index >= 15 is 0 Å². The summed E-state index contributed by atoms with van der Waals surface area (Å²) in [6.45, 7) is 2.73. The number of benzene rings is 1. The quantitative estimate of drug-likeness (QED) is 0.926. The first-order valence-electron chi connectivity index (χ1n) is 7.33. The highest BCUT2D eigenvalue weighted by molar-refractivity contribution is 5.95. The molecular weight excluding hydrogens is 286 g/mol. The van der Waals surface area contributed by atoms with Gasteiger partial charge in [0.2, 0.25) is 0 Å². The zero-order valence-corrected chi connectivity index (χ0v) is 13.9. The van der Waals surface area contributed by atoms with E-state index in [0.29, 0.717) is 5.92 Å². The van der Waals surface area contributed by atoms with E-state index < -0.39 is 0 Å². The average molecular weight is 312 g/mol. The lowest BCUT2D eigenvalue weighted by molar-refractivity contribution is 0.0674. The van der Waals surface area contributed by atoms with Crippen molar-refractivity contribution in [1.82, 2.24) is 10.2 Å². The van der Waals surface area contributed by atoms with Gasteiger partial charge in [0.15, 0.2) is 0 Å². The number of carbonyl (C=O) groups excluding carboxylic acids is 1. The molecule has 21 heavy (non-hydrogen) atoms. The number of likely N-dealkylation sites (tertiary alicyclic amines) is 1. The molecule has 1 fully saturated rings. The predicted molar refractivity (Wildman–Crippen MR) is 90.6 cm³/mol. The van der Waals surface area contributed by atoms with Crippen molar-refractivity contribution in [3.05, 3.63) is 29.8 Å². The second-order valence-corrected chi connectivity index (χ2v) is 5.76. The Morgan fingerprint density at radius 2 is 2.19 bits per heavy atom. The molecule has 1 atom stereocenters. The number of rotatable bonds is 4. The van der Waals surface area contributed by atoms with Crippen molar-refractivity contribution >= 4 is 24.0 Å². The molecule has 1 heterocycles. The Labute approximate surface area is 133 Å². The summed E-state index contributed by atoms with van der Waals surface area (Å²) in [5.41, 5.74) is 1.86. The lowest BCUT2D eigenvalue weighted by atomic mass is 9.97. The fourth-order valence-corrected chi connectivity index (χ4v) is 2.80. The average Bonchev–Trinajstić information content (AvgIpc) is 2.47. The highest BCUT2D eigenvalue weighted by atomic mass is 35.5. The molecule has 5 heteroatoms. The van der Waals surface area contributed by atoms with Crippen molar-refractivity contribution in [3.8, 4) is 0 Å². The Kier molecular flexibility index (Phi) is 6.99. The van der Waals surface area contributed by atoms with Crippen molar-refractivity contribution < 1.29 is 4.79 Å². The van der Waals surface area contributed by atoms with Crippen LogP contribution in [0.4, 0.5) is 5.69 Å². The summed E-state index contributed by atoms with van der Waals surface area (Å²) in [6, 6.07) is 7.87. The van der Waals surface area contributed by atoms with Crippen LogP contribution < -0.4 is 10.2 Å². The van der Waals surface area contributed by atoms with Crippen molar-refractivity contribution in [1.29, 1.82) is 0 Å². The third-order valence-corrected chi connectivity index (χ3v) is 3.91. The standard InChI is InChI=1S/C16H25N3O.ClH/c1-17-11-13-6-5-9-19(12-13)16(20)14-7-4-8-15(10-14)18(2)3;/h4,7-8,10,13,17H,5-6,9,11-12H2,1-3H3;1H. The fraction of sp³-hybridized carbons (Fsp3) is 0.562. The smallest absolute Gasteiger partial charge is 0.253 e. The van der Waals surface area contributed by atoms with Crippen LogP contribution in [0.15, 0.2) is 24.3 Å². The Balaban J connectivity index is 0.00000220. The van der Waals surface area contributed by atoms with Gasteiger partial charge in [0.25, 0.3) is 5.91 Å². The molecular formula is C16H26ClN3O. The van der Waals surface area contributed by atoms with Crippen LogP contribution in [-0.2, 0) is 0 Å². The summed E-state index contributed by atoms with van der Waals surface area (Å²) >= 11 is 0. The monoisotopic (exact) mass is 311 g/mol. The van der Waals surface area contributed by atoms with Crippen molar-refractivity contribution in [3.63, 3.8) is 0 Å². The van der Waals surface area contributed by atoms with E-state index in [1.54, 1.807) is 0 Å². The van der Waals surface area contributed by atoms with Gasteiger partial charge >= 0.3 is 0 Å². The van der Waals surface area contributed by atoms with Gasteiger partial charge in [0.1, 0.15) is 0 Å². The predicted octanol–water partition coefficient (Wildman–Crippen LogP) is 2.25. The molecule has 1 amide bonds. The number of hydrogen-bond acceptors (Lipinski definition) is 3. The van der Waals surface area contributed by atoms with E-state index in [2.05, 4.69) is 5.32 Å². The molecule has 0 aliphatic carbocycles. The molecule has 1 aliphatic heterocycles. The van der Waals surface area contributed by atoms with Crippen molar-refractivity contribution in [2.75, 3.05) is 45.7 Å². The van der Waals surface area contributed by atoms with Gasteiger partial charge in [-0.1, -0.05) is 6.07 Å². The number of carbonyl (C=O) groups is 1. The van der Waals surface area contributed by atoms with Crippen LogP contribution in [-0.4, -0.2) is 51.6 Å². The molecule has 1 saturated heterocycles. The summed E-state index contributed by atoms with van der Waals surface area (Å²) in [5, 5.41) is 3.22. The lowest BCUT2D eigenvalue weighted by Gasteiger charge is -2.33. The molecule has 0 saturated carbocycles. The first-order valence-corrected chi connectivity index (χ1v) is 7.33. The number of hydrogen-bond donors (Lipinski definition) is 1. The second kappa shape index (κ2) is 8.25. The summed E-state index contributed by atoms with van der Waals surface area (Å²) < 4.78 is 0. The van der Waals surface area contributed by atoms with E-state index in [-0.39, 0.29) is 18.3 Å². The van der Waals surface area contributed by atoms with E-state index in [1.165, 1.54) is 6.42 Å². The maximum Gasteiger partial charge on any atom is 0.253 e. The highest BCUT2D eigenvalue weighted by Crippen LogP contribution is 2.20. The minimum absolute atomic E-state index is 0. The summed E-state index contributed by atoms with van der Waals surface area (Å²) in [6.07, 6.45) is 2.31. The summed E-state index contributed by atoms with van der Waals surface area (Å²) in [4.78, 5) is 16.6. The molecule has 0 spiro atoms. The van der Waals surface area contributed by atoms with Gasteiger partial charge in [0.05, 0.1) is 0 Å². The maximum absolute atomic E-state index is 12.6. The minimum atomic E-state index is 0. The van der Waals surface area contributed by atoms with Gasteiger partial charge in [0, 0.05) is 38.4 Å². The SMILES string of the molecule is CNCC1CCCN(C(=O)c2cccc(N(C)C)c2)C1.Cl. The van der Waals surface area contributed by atoms with Crippen LogP contribution >= 0.6 is 12.4 Å². The van der Waals surface area contributed by atoms with Crippen LogP contribution in [0.2, 0.25) is 0 Å². The number of anilines is 1. The molecule has 1 N–H and O–H groups in total. The molecule has 0 aromatic heterocycles.